The second-order valence-corrected chi connectivity index (χ2v) is 3.41. The molecule has 1 N–H and O–H groups in total. The van der Waals surface area contributed by atoms with E-state index in [1.54, 1.807) is 0 Å². The fourth-order valence-corrected chi connectivity index (χ4v) is 1.42. The molecule has 70 valence electrons. The number of rotatable bonds is 3. The molecule has 0 saturated carbocycles. The van der Waals surface area contributed by atoms with Crippen LogP contribution in [0.4, 0.5) is 4.39 Å². The largest absolute Gasteiger partial charge is 0.306 e. The third kappa shape index (κ3) is 3.04. The average Bonchev–Trinajstić information content (AvgIpc) is 2.01. The molecule has 0 fully saturated rings. The minimum absolute atomic E-state index is 0.167. The molecular weight excluding hydrogens is 195 g/mol. The first-order valence-corrected chi connectivity index (χ1v) is 4.71. The molecule has 3 nitrogen and oxygen atoms in total. The van der Waals surface area contributed by atoms with Gasteiger partial charge in [-0.1, -0.05) is 0 Å². The topological polar surface area (TPSA) is 54.4 Å². The molecule has 0 amide bonds. The van der Waals surface area contributed by atoms with Gasteiger partial charge in [0.25, 0.3) is 0 Å². The van der Waals surface area contributed by atoms with Crippen LogP contribution in [0.25, 0.3) is 0 Å². The first-order chi connectivity index (χ1) is 6.11. The molecule has 0 aliphatic heterocycles. The zero-order valence-electron chi connectivity index (χ0n) is 6.57. The van der Waals surface area contributed by atoms with Gasteiger partial charge in [0.1, 0.15) is 12.1 Å². The Labute approximate surface area is 76.9 Å². The monoisotopic (exact) mass is 202 g/mol. The first kappa shape index (κ1) is 10.0. The standard InChI is InChI=1S/C8H7FO3S/c9-8-2-6(4-10)1-7(3-8)5-13(11)12/h1-4H,5H2,(H,11,12). The van der Waals surface area contributed by atoms with Crippen molar-refractivity contribution in [2.45, 2.75) is 5.75 Å². The summed E-state index contributed by atoms with van der Waals surface area (Å²) in [5.74, 6) is -0.747. The summed E-state index contributed by atoms with van der Waals surface area (Å²) in [6.45, 7) is 0. The van der Waals surface area contributed by atoms with Crippen LogP contribution in [0.2, 0.25) is 0 Å². The van der Waals surface area contributed by atoms with Crippen molar-refractivity contribution >= 4 is 17.4 Å². The summed E-state index contributed by atoms with van der Waals surface area (Å²) in [4.78, 5) is 10.3. The summed E-state index contributed by atoms with van der Waals surface area (Å²) >= 11 is -2.02. The van der Waals surface area contributed by atoms with E-state index in [1.807, 2.05) is 0 Å². The van der Waals surface area contributed by atoms with Crippen LogP contribution in [-0.2, 0) is 16.8 Å². The average molecular weight is 202 g/mol. The number of halogens is 1. The quantitative estimate of drug-likeness (QED) is 0.594. The maximum absolute atomic E-state index is 12.7. The van der Waals surface area contributed by atoms with Gasteiger partial charge in [0.2, 0.25) is 0 Å². The van der Waals surface area contributed by atoms with E-state index in [1.165, 1.54) is 6.07 Å². The van der Waals surface area contributed by atoms with Gasteiger partial charge in [0.05, 0.1) is 5.75 Å². The zero-order chi connectivity index (χ0) is 9.84. The summed E-state index contributed by atoms with van der Waals surface area (Å²) < 4.78 is 31.6. The Balaban J connectivity index is 3.01. The molecule has 0 aliphatic rings. The number of hydrogen-bond donors (Lipinski definition) is 1. The van der Waals surface area contributed by atoms with Gasteiger partial charge in [-0.2, -0.15) is 0 Å². The summed E-state index contributed by atoms with van der Waals surface area (Å²) in [5, 5.41) is 0. The molecule has 1 rings (SSSR count). The van der Waals surface area contributed by atoms with Gasteiger partial charge >= 0.3 is 0 Å². The molecule has 0 radical (unpaired) electrons. The Morgan fingerprint density at radius 1 is 1.46 bits per heavy atom. The minimum Gasteiger partial charge on any atom is -0.306 e. The first-order valence-electron chi connectivity index (χ1n) is 3.44. The van der Waals surface area contributed by atoms with Crippen molar-refractivity contribution in [3.8, 4) is 0 Å². The smallest absolute Gasteiger partial charge is 0.157 e. The maximum Gasteiger partial charge on any atom is 0.157 e. The lowest BCUT2D eigenvalue weighted by Gasteiger charge is -1.98. The highest BCUT2D eigenvalue weighted by molar-refractivity contribution is 7.78. The lowest BCUT2D eigenvalue weighted by molar-refractivity contribution is 0.112. The van der Waals surface area contributed by atoms with Gasteiger partial charge in [-0.15, -0.1) is 0 Å². The molecule has 0 spiro atoms. The normalized spacial score (nSPS) is 12.5. The Bertz CT molecular complexity index is 351. The van der Waals surface area contributed by atoms with Crippen molar-refractivity contribution in [2.24, 2.45) is 0 Å². The van der Waals surface area contributed by atoms with E-state index in [-0.39, 0.29) is 11.3 Å². The molecule has 0 aliphatic carbocycles. The lowest BCUT2D eigenvalue weighted by atomic mass is 10.1. The molecule has 5 heteroatoms. The van der Waals surface area contributed by atoms with Crippen LogP contribution in [0.15, 0.2) is 18.2 Å². The second-order valence-electron chi connectivity index (χ2n) is 2.48. The predicted molar refractivity (Wildman–Crippen MR) is 46.3 cm³/mol. The van der Waals surface area contributed by atoms with Crippen molar-refractivity contribution in [3.63, 3.8) is 0 Å². The Morgan fingerprint density at radius 3 is 2.69 bits per heavy atom. The fourth-order valence-electron chi connectivity index (χ4n) is 0.969. The number of carbonyl (C=O) groups is 1. The summed E-state index contributed by atoms with van der Waals surface area (Å²) in [7, 11) is 0. The molecule has 13 heavy (non-hydrogen) atoms. The fraction of sp³-hybridized carbons (Fsp3) is 0.125. The molecular formula is C8H7FO3S. The molecule has 0 bridgehead atoms. The van der Waals surface area contributed by atoms with E-state index in [9.17, 15) is 13.4 Å². The molecule has 1 unspecified atom stereocenters. The van der Waals surface area contributed by atoms with Crippen LogP contribution in [0, 0.1) is 5.82 Å². The zero-order valence-corrected chi connectivity index (χ0v) is 7.38. The predicted octanol–water partition coefficient (Wildman–Crippen LogP) is 1.36. The number of hydrogen-bond acceptors (Lipinski definition) is 2. The lowest BCUT2D eigenvalue weighted by Crippen LogP contribution is -1.95. The number of carbonyl (C=O) groups excluding carboxylic acids is 1. The second kappa shape index (κ2) is 4.25. The Morgan fingerprint density at radius 2 is 2.15 bits per heavy atom. The van der Waals surface area contributed by atoms with Crippen LogP contribution in [0.1, 0.15) is 15.9 Å². The van der Waals surface area contributed by atoms with Crippen molar-refractivity contribution in [1.29, 1.82) is 0 Å². The van der Waals surface area contributed by atoms with E-state index in [0.29, 0.717) is 11.8 Å². The Kier molecular flexibility index (Phi) is 3.27. The highest BCUT2D eigenvalue weighted by Gasteiger charge is 2.02. The molecule has 0 aromatic heterocycles. The number of benzene rings is 1. The van der Waals surface area contributed by atoms with E-state index in [2.05, 4.69) is 0 Å². The van der Waals surface area contributed by atoms with Gasteiger partial charge in [0, 0.05) is 5.56 Å². The van der Waals surface area contributed by atoms with Crippen molar-refractivity contribution in [3.05, 3.63) is 35.1 Å². The van der Waals surface area contributed by atoms with Crippen molar-refractivity contribution in [1.82, 2.24) is 0 Å². The van der Waals surface area contributed by atoms with Crippen LogP contribution in [0.5, 0.6) is 0 Å². The van der Waals surface area contributed by atoms with E-state index in [4.69, 9.17) is 4.55 Å². The van der Waals surface area contributed by atoms with Gasteiger partial charge in [-0.3, -0.25) is 4.79 Å². The Hall–Kier alpha value is -1.07. The molecule has 1 atom stereocenters. The summed E-state index contributed by atoms with van der Waals surface area (Å²) in [5.41, 5.74) is 0.503. The van der Waals surface area contributed by atoms with Crippen LogP contribution >= 0.6 is 0 Å². The number of aldehydes is 1. The molecule has 0 heterocycles. The maximum atomic E-state index is 12.7. The van der Waals surface area contributed by atoms with Crippen LogP contribution < -0.4 is 0 Å². The molecule has 0 saturated heterocycles. The summed E-state index contributed by atoms with van der Waals surface area (Å²) in [6, 6.07) is 3.57. The third-order valence-corrected chi connectivity index (χ3v) is 1.99. The highest BCUT2D eigenvalue weighted by Crippen LogP contribution is 2.09. The van der Waals surface area contributed by atoms with Gasteiger partial charge < -0.3 is 4.55 Å². The van der Waals surface area contributed by atoms with Gasteiger partial charge in [-0.25, -0.2) is 8.60 Å². The van der Waals surface area contributed by atoms with Crippen LogP contribution in [0.3, 0.4) is 0 Å². The minimum atomic E-state index is -2.02. The van der Waals surface area contributed by atoms with E-state index in [0.717, 1.165) is 12.1 Å². The van der Waals surface area contributed by atoms with Crippen LogP contribution in [-0.4, -0.2) is 15.0 Å². The van der Waals surface area contributed by atoms with Crippen molar-refractivity contribution < 1.29 is 17.9 Å². The van der Waals surface area contributed by atoms with Gasteiger partial charge in [-0.05, 0) is 23.8 Å². The molecule has 1 aromatic carbocycles. The van der Waals surface area contributed by atoms with Gasteiger partial charge in [0.15, 0.2) is 11.1 Å². The third-order valence-electron chi connectivity index (χ3n) is 1.41. The highest BCUT2D eigenvalue weighted by atomic mass is 32.2. The van der Waals surface area contributed by atoms with Crippen molar-refractivity contribution in [2.75, 3.05) is 0 Å². The molecule has 1 aromatic rings. The SMILES string of the molecule is O=Cc1cc(F)cc(CS(=O)O)c1. The summed E-state index contributed by atoms with van der Waals surface area (Å²) in [6.07, 6.45) is 0.493. The van der Waals surface area contributed by atoms with E-state index < -0.39 is 16.9 Å². The van der Waals surface area contributed by atoms with E-state index >= 15 is 0 Å².